The molecule has 2 aromatic rings. The van der Waals surface area contributed by atoms with E-state index in [2.05, 4.69) is 37.0 Å². The Labute approximate surface area is 132 Å². The summed E-state index contributed by atoms with van der Waals surface area (Å²) in [6, 6.07) is 13.6. The number of rotatable bonds is 3. The van der Waals surface area contributed by atoms with Crippen molar-refractivity contribution < 1.29 is 5.21 Å². The van der Waals surface area contributed by atoms with Gasteiger partial charge in [0.1, 0.15) is 0 Å². The predicted molar refractivity (Wildman–Crippen MR) is 84.9 cm³/mol. The molecule has 0 radical (unpaired) electrons. The smallest absolute Gasteiger partial charge is 0.171 e. The van der Waals surface area contributed by atoms with Crippen LogP contribution in [0, 0.1) is 0 Å². The van der Waals surface area contributed by atoms with Crippen LogP contribution in [-0.2, 0) is 0 Å². The van der Waals surface area contributed by atoms with E-state index in [1.54, 1.807) is 11.8 Å². The lowest BCUT2D eigenvalue weighted by Crippen LogP contribution is -2.14. The molecule has 0 bridgehead atoms. The molecule has 0 fully saturated rings. The lowest BCUT2D eigenvalue weighted by Gasteiger charge is -2.09. The molecule has 0 aliphatic carbocycles. The second-order valence-electron chi connectivity index (χ2n) is 3.66. The maximum Gasteiger partial charge on any atom is 0.171 e. The van der Waals surface area contributed by atoms with Gasteiger partial charge in [-0.3, -0.25) is 0 Å². The first-order valence-corrected chi connectivity index (χ1v) is 7.72. The Balaban J connectivity index is 2.43. The Morgan fingerprint density at radius 1 is 1.11 bits per heavy atom. The summed E-state index contributed by atoms with van der Waals surface area (Å²) in [5.74, 6) is 0.0934. The fraction of sp³-hybridized carbons (Fsp3) is 0. The summed E-state index contributed by atoms with van der Waals surface area (Å²) < 4.78 is 1.89. The van der Waals surface area contributed by atoms with Crippen molar-refractivity contribution in [2.75, 3.05) is 0 Å². The van der Waals surface area contributed by atoms with Gasteiger partial charge >= 0.3 is 0 Å². The second kappa shape index (κ2) is 6.45. The SMILES string of the molecule is N/C(=N/O)c1cc(Br)ccc1Sc1ccccc1Br. The van der Waals surface area contributed by atoms with Crippen molar-refractivity contribution in [2.24, 2.45) is 10.9 Å². The maximum absolute atomic E-state index is 8.85. The van der Waals surface area contributed by atoms with Crippen molar-refractivity contribution in [1.82, 2.24) is 0 Å². The molecule has 0 unspecified atom stereocenters. The molecule has 2 rings (SSSR count). The third-order valence-electron chi connectivity index (χ3n) is 2.38. The Kier molecular flexibility index (Phi) is 4.90. The van der Waals surface area contributed by atoms with Crippen LogP contribution in [0.4, 0.5) is 0 Å². The summed E-state index contributed by atoms with van der Waals surface area (Å²) in [7, 11) is 0. The molecule has 0 heterocycles. The van der Waals surface area contributed by atoms with Gasteiger partial charge in [-0.25, -0.2) is 0 Å². The molecule has 98 valence electrons. The standard InChI is InChI=1S/C13H10Br2N2OS/c14-8-5-6-11(9(7-8)13(16)17-18)19-12-4-2-1-3-10(12)15/h1-7,18H,(H2,16,17). The zero-order valence-electron chi connectivity index (χ0n) is 9.68. The van der Waals surface area contributed by atoms with E-state index in [0.717, 1.165) is 18.7 Å². The fourth-order valence-corrected chi connectivity index (χ4v) is 3.34. The van der Waals surface area contributed by atoms with Crippen LogP contribution in [0.2, 0.25) is 0 Å². The zero-order valence-corrected chi connectivity index (χ0v) is 13.7. The van der Waals surface area contributed by atoms with Crippen LogP contribution in [0.5, 0.6) is 0 Å². The van der Waals surface area contributed by atoms with Crippen LogP contribution in [0.25, 0.3) is 0 Å². The first kappa shape index (κ1) is 14.4. The monoisotopic (exact) mass is 400 g/mol. The summed E-state index contributed by atoms with van der Waals surface area (Å²) in [4.78, 5) is 1.99. The van der Waals surface area contributed by atoms with Gasteiger partial charge in [-0.15, -0.1) is 0 Å². The molecule has 0 saturated carbocycles. The molecule has 6 heteroatoms. The Morgan fingerprint density at radius 3 is 2.53 bits per heavy atom. The number of nitrogens with zero attached hydrogens (tertiary/aromatic N) is 1. The van der Waals surface area contributed by atoms with Gasteiger partial charge in [-0.05, 0) is 46.3 Å². The number of benzene rings is 2. The van der Waals surface area contributed by atoms with E-state index in [1.165, 1.54) is 0 Å². The van der Waals surface area contributed by atoms with Crippen LogP contribution < -0.4 is 5.73 Å². The predicted octanol–water partition coefficient (Wildman–Crippen LogP) is 4.46. The van der Waals surface area contributed by atoms with E-state index < -0.39 is 0 Å². The van der Waals surface area contributed by atoms with Crippen molar-refractivity contribution in [2.45, 2.75) is 9.79 Å². The van der Waals surface area contributed by atoms with Gasteiger partial charge < -0.3 is 10.9 Å². The number of oxime groups is 1. The highest BCUT2D eigenvalue weighted by Crippen LogP contribution is 2.36. The highest BCUT2D eigenvalue weighted by Gasteiger charge is 2.10. The molecule has 0 aromatic heterocycles. The number of hydrogen-bond donors (Lipinski definition) is 2. The summed E-state index contributed by atoms with van der Waals surface area (Å²) in [5.41, 5.74) is 6.40. The summed E-state index contributed by atoms with van der Waals surface area (Å²) in [6.45, 7) is 0. The van der Waals surface area contributed by atoms with Crippen LogP contribution in [0.3, 0.4) is 0 Å². The summed E-state index contributed by atoms with van der Waals surface area (Å²) >= 11 is 8.44. The van der Waals surface area contributed by atoms with Gasteiger partial charge in [0.2, 0.25) is 0 Å². The van der Waals surface area contributed by atoms with Crippen molar-refractivity contribution >= 4 is 49.5 Å². The molecular weight excluding hydrogens is 392 g/mol. The minimum Gasteiger partial charge on any atom is -0.409 e. The molecule has 0 aliphatic heterocycles. The molecule has 2 aromatic carbocycles. The van der Waals surface area contributed by atoms with Crippen molar-refractivity contribution in [3.8, 4) is 0 Å². The highest BCUT2D eigenvalue weighted by atomic mass is 79.9. The molecule has 3 nitrogen and oxygen atoms in total. The number of hydrogen-bond acceptors (Lipinski definition) is 3. The number of nitrogens with two attached hydrogens (primary N) is 1. The van der Waals surface area contributed by atoms with E-state index in [9.17, 15) is 0 Å². The third kappa shape index (κ3) is 3.52. The zero-order chi connectivity index (χ0) is 13.8. The number of halogens is 2. The summed E-state index contributed by atoms with van der Waals surface area (Å²) in [5, 5.41) is 11.9. The third-order valence-corrected chi connectivity index (χ3v) is 4.98. The van der Waals surface area contributed by atoms with Crippen LogP contribution in [0.1, 0.15) is 5.56 Å². The first-order valence-electron chi connectivity index (χ1n) is 5.31. The lowest BCUT2D eigenvalue weighted by atomic mass is 10.2. The second-order valence-corrected chi connectivity index (χ2v) is 6.51. The highest BCUT2D eigenvalue weighted by molar-refractivity contribution is 9.10. The normalized spacial score (nSPS) is 11.6. The lowest BCUT2D eigenvalue weighted by molar-refractivity contribution is 0.318. The minimum absolute atomic E-state index is 0.0934. The topological polar surface area (TPSA) is 58.6 Å². The molecule has 0 atom stereocenters. The molecule has 19 heavy (non-hydrogen) atoms. The van der Waals surface area contributed by atoms with Gasteiger partial charge in [0.25, 0.3) is 0 Å². The Bertz CT molecular complexity index is 632. The number of amidine groups is 1. The van der Waals surface area contributed by atoms with Crippen LogP contribution >= 0.6 is 43.6 Å². The van der Waals surface area contributed by atoms with Gasteiger partial charge in [-0.1, -0.05) is 45.0 Å². The van der Waals surface area contributed by atoms with Crippen molar-refractivity contribution in [3.05, 3.63) is 57.0 Å². The van der Waals surface area contributed by atoms with E-state index in [-0.39, 0.29) is 5.84 Å². The van der Waals surface area contributed by atoms with E-state index in [1.807, 2.05) is 42.5 Å². The van der Waals surface area contributed by atoms with Crippen LogP contribution in [0.15, 0.2) is 66.4 Å². The molecule has 0 spiro atoms. The van der Waals surface area contributed by atoms with E-state index >= 15 is 0 Å². The average Bonchev–Trinajstić information content (AvgIpc) is 2.42. The Morgan fingerprint density at radius 2 is 1.84 bits per heavy atom. The quantitative estimate of drug-likeness (QED) is 0.345. The summed E-state index contributed by atoms with van der Waals surface area (Å²) in [6.07, 6.45) is 0. The van der Waals surface area contributed by atoms with Gasteiger partial charge in [0, 0.05) is 24.3 Å². The molecule has 0 aliphatic rings. The average molecular weight is 402 g/mol. The van der Waals surface area contributed by atoms with Crippen LogP contribution in [-0.4, -0.2) is 11.0 Å². The molecule has 0 amide bonds. The van der Waals surface area contributed by atoms with E-state index in [4.69, 9.17) is 10.9 Å². The Hall–Kier alpha value is -0.980. The first-order chi connectivity index (χ1) is 9.11. The van der Waals surface area contributed by atoms with Crippen molar-refractivity contribution in [3.63, 3.8) is 0 Å². The largest absolute Gasteiger partial charge is 0.409 e. The van der Waals surface area contributed by atoms with Crippen molar-refractivity contribution in [1.29, 1.82) is 0 Å². The molecular formula is C13H10Br2N2OS. The maximum atomic E-state index is 8.85. The minimum atomic E-state index is 0.0934. The van der Waals surface area contributed by atoms with Gasteiger partial charge in [0.05, 0.1) is 0 Å². The van der Waals surface area contributed by atoms with E-state index in [0.29, 0.717) is 5.56 Å². The van der Waals surface area contributed by atoms with Gasteiger partial charge in [-0.2, -0.15) is 0 Å². The van der Waals surface area contributed by atoms with Gasteiger partial charge in [0.15, 0.2) is 5.84 Å². The molecule has 3 N–H and O–H groups in total. The fourth-order valence-electron chi connectivity index (χ4n) is 1.49. The molecule has 0 saturated heterocycles.